The Morgan fingerprint density at radius 2 is 2.15 bits per heavy atom. The zero-order valence-electron chi connectivity index (χ0n) is 7.44. The largest absolute Gasteiger partial charge is 0.324 e. The van der Waals surface area contributed by atoms with Gasteiger partial charge < -0.3 is 5.73 Å². The van der Waals surface area contributed by atoms with Crippen molar-refractivity contribution < 1.29 is 0 Å². The van der Waals surface area contributed by atoms with Gasteiger partial charge in [0.25, 0.3) is 0 Å². The van der Waals surface area contributed by atoms with Crippen LogP contribution in [-0.2, 0) is 0 Å². The maximum Gasteiger partial charge on any atom is 0.0888 e. The van der Waals surface area contributed by atoms with Crippen molar-refractivity contribution >= 4 is 10.9 Å². The van der Waals surface area contributed by atoms with E-state index >= 15 is 0 Å². The second kappa shape index (κ2) is 3.11. The fourth-order valence-electron chi connectivity index (χ4n) is 1.42. The standard InChI is InChI=1S/C10H11N3/c1-7(11)8-3-5-13-10-6-12-4-2-9(8)10/h2-7H,11H2,1H3. The van der Waals surface area contributed by atoms with E-state index in [0.29, 0.717) is 0 Å². The third-order valence-corrected chi connectivity index (χ3v) is 2.07. The van der Waals surface area contributed by atoms with Crippen LogP contribution in [0.3, 0.4) is 0 Å². The minimum Gasteiger partial charge on any atom is -0.324 e. The van der Waals surface area contributed by atoms with Gasteiger partial charge in [-0.05, 0) is 24.6 Å². The van der Waals surface area contributed by atoms with Crippen molar-refractivity contribution in [2.75, 3.05) is 0 Å². The lowest BCUT2D eigenvalue weighted by atomic mass is 10.1. The number of aromatic nitrogens is 2. The van der Waals surface area contributed by atoms with Crippen LogP contribution in [0.5, 0.6) is 0 Å². The first-order valence-corrected chi connectivity index (χ1v) is 4.23. The van der Waals surface area contributed by atoms with Gasteiger partial charge >= 0.3 is 0 Å². The van der Waals surface area contributed by atoms with Gasteiger partial charge in [0.15, 0.2) is 0 Å². The fourth-order valence-corrected chi connectivity index (χ4v) is 1.42. The van der Waals surface area contributed by atoms with Crippen molar-refractivity contribution in [1.29, 1.82) is 0 Å². The van der Waals surface area contributed by atoms with Crippen LogP contribution in [0.4, 0.5) is 0 Å². The van der Waals surface area contributed by atoms with Gasteiger partial charge in [0.2, 0.25) is 0 Å². The molecule has 2 heterocycles. The summed E-state index contributed by atoms with van der Waals surface area (Å²) >= 11 is 0. The molecule has 0 saturated carbocycles. The highest BCUT2D eigenvalue weighted by Gasteiger charge is 2.04. The zero-order chi connectivity index (χ0) is 9.26. The van der Waals surface area contributed by atoms with E-state index in [1.165, 1.54) is 0 Å². The summed E-state index contributed by atoms with van der Waals surface area (Å²) in [5.74, 6) is 0. The minimum absolute atomic E-state index is 0.0351. The Morgan fingerprint density at radius 3 is 2.92 bits per heavy atom. The molecule has 3 heteroatoms. The average molecular weight is 173 g/mol. The molecule has 13 heavy (non-hydrogen) atoms. The van der Waals surface area contributed by atoms with E-state index < -0.39 is 0 Å². The number of pyridine rings is 2. The molecule has 0 saturated heterocycles. The highest BCUT2D eigenvalue weighted by molar-refractivity contribution is 5.81. The van der Waals surface area contributed by atoms with E-state index in [-0.39, 0.29) is 6.04 Å². The Bertz CT molecular complexity index is 418. The van der Waals surface area contributed by atoms with Crippen LogP contribution in [0.15, 0.2) is 30.7 Å². The molecule has 3 nitrogen and oxygen atoms in total. The molecule has 0 radical (unpaired) electrons. The summed E-state index contributed by atoms with van der Waals surface area (Å²) in [6, 6.07) is 3.93. The molecular weight excluding hydrogens is 162 g/mol. The highest BCUT2D eigenvalue weighted by Crippen LogP contribution is 2.19. The molecule has 2 rings (SSSR count). The molecule has 0 amide bonds. The first-order valence-electron chi connectivity index (χ1n) is 4.23. The molecule has 2 aromatic rings. The van der Waals surface area contributed by atoms with Crippen molar-refractivity contribution in [1.82, 2.24) is 9.97 Å². The molecule has 2 N–H and O–H groups in total. The lowest BCUT2D eigenvalue weighted by molar-refractivity contribution is 0.825. The molecule has 0 aromatic carbocycles. The summed E-state index contributed by atoms with van der Waals surface area (Å²) in [6.07, 6.45) is 5.28. The minimum atomic E-state index is 0.0351. The quantitative estimate of drug-likeness (QED) is 0.713. The van der Waals surface area contributed by atoms with Crippen molar-refractivity contribution in [2.24, 2.45) is 5.73 Å². The summed E-state index contributed by atoms with van der Waals surface area (Å²) in [5.41, 5.74) is 7.85. The number of fused-ring (bicyclic) bond motifs is 1. The molecule has 1 atom stereocenters. The van der Waals surface area contributed by atoms with Gasteiger partial charge in [0.05, 0.1) is 11.7 Å². The maximum absolute atomic E-state index is 5.83. The van der Waals surface area contributed by atoms with Gasteiger partial charge in [0, 0.05) is 23.8 Å². The monoisotopic (exact) mass is 173 g/mol. The Morgan fingerprint density at radius 1 is 1.31 bits per heavy atom. The second-order valence-corrected chi connectivity index (χ2v) is 3.08. The van der Waals surface area contributed by atoms with E-state index in [0.717, 1.165) is 16.5 Å². The average Bonchev–Trinajstić information content (AvgIpc) is 2.17. The van der Waals surface area contributed by atoms with Crippen LogP contribution in [0.1, 0.15) is 18.5 Å². The first kappa shape index (κ1) is 8.13. The number of hydrogen-bond acceptors (Lipinski definition) is 3. The van der Waals surface area contributed by atoms with E-state index in [4.69, 9.17) is 5.73 Å². The van der Waals surface area contributed by atoms with Gasteiger partial charge in [-0.2, -0.15) is 0 Å². The predicted octanol–water partition coefficient (Wildman–Crippen LogP) is 1.65. The molecular formula is C10H11N3. The summed E-state index contributed by atoms with van der Waals surface area (Å²) in [6.45, 7) is 1.97. The Kier molecular flexibility index (Phi) is 1.94. The number of nitrogens with zero attached hydrogens (tertiary/aromatic N) is 2. The van der Waals surface area contributed by atoms with Crippen LogP contribution in [-0.4, -0.2) is 9.97 Å². The van der Waals surface area contributed by atoms with Crippen molar-refractivity contribution in [3.05, 3.63) is 36.3 Å². The molecule has 0 aliphatic rings. The van der Waals surface area contributed by atoms with Gasteiger partial charge in [-0.15, -0.1) is 0 Å². The summed E-state index contributed by atoms with van der Waals surface area (Å²) in [4.78, 5) is 8.22. The van der Waals surface area contributed by atoms with Crippen molar-refractivity contribution in [2.45, 2.75) is 13.0 Å². The molecule has 66 valence electrons. The second-order valence-electron chi connectivity index (χ2n) is 3.08. The van der Waals surface area contributed by atoms with Crippen molar-refractivity contribution in [3.63, 3.8) is 0 Å². The predicted molar refractivity (Wildman–Crippen MR) is 52.1 cm³/mol. The van der Waals surface area contributed by atoms with E-state index in [1.807, 2.05) is 19.1 Å². The van der Waals surface area contributed by atoms with E-state index in [1.54, 1.807) is 18.6 Å². The van der Waals surface area contributed by atoms with Crippen LogP contribution in [0.25, 0.3) is 10.9 Å². The zero-order valence-corrected chi connectivity index (χ0v) is 7.44. The van der Waals surface area contributed by atoms with Gasteiger partial charge in [-0.1, -0.05) is 0 Å². The van der Waals surface area contributed by atoms with Crippen LogP contribution in [0, 0.1) is 0 Å². The maximum atomic E-state index is 5.83. The molecule has 1 unspecified atom stereocenters. The molecule has 0 bridgehead atoms. The number of nitrogens with two attached hydrogens (primary N) is 1. The van der Waals surface area contributed by atoms with Crippen LogP contribution >= 0.6 is 0 Å². The smallest absolute Gasteiger partial charge is 0.0888 e. The Labute approximate surface area is 76.6 Å². The fraction of sp³-hybridized carbons (Fsp3) is 0.200. The van der Waals surface area contributed by atoms with Crippen LogP contribution in [0.2, 0.25) is 0 Å². The summed E-state index contributed by atoms with van der Waals surface area (Å²) in [5, 5.41) is 1.09. The highest BCUT2D eigenvalue weighted by atomic mass is 14.7. The van der Waals surface area contributed by atoms with Gasteiger partial charge in [0.1, 0.15) is 0 Å². The lowest BCUT2D eigenvalue weighted by Crippen LogP contribution is -2.05. The lowest BCUT2D eigenvalue weighted by Gasteiger charge is -2.07. The molecule has 0 fully saturated rings. The normalized spacial score (nSPS) is 13.1. The topological polar surface area (TPSA) is 51.8 Å². The molecule has 0 aliphatic carbocycles. The third-order valence-electron chi connectivity index (χ3n) is 2.07. The van der Waals surface area contributed by atoms with E-state index in [2.05, 4.69) is 9.97 Å². The first-order chi connectivity index (χ1) is 6.29. The SMILES string of the molecule is CC(N)c1ccnc2cnccc12. The van der Waals surface area contributed by atoms with Crippen molar-refractivity contribution in [3.8, 4) is 0 Å². The van der Waals surface area contributed by atoms with Gasteiger partial charge in [-0.25, -0.2) is 0 Å². The van der Waals surface area contributed by atoms with E-state index in [9.17, 15) is 0 Å². The third kappa shape index (κ3) is 1.38. The number of hydrogen-bond donors (Lipinski definition) is 1. The molecule has 0 spiro atoms. The van der Waals surface area contributed by atoms with Gasteiger partial charge in [-0.3, -0.25) is 9.97 Å². The molecule has 2 aromatic heterocycles. The molecule has 0 aliphatic heterocycles. The Balaban J connectivity index is 2.76. The number of rotatable bonds is 1. The summed E-state index contributed by atoms with van der Waals surface area (Å²) < 4.78 is 0. The summed E-state index contributed by atoms with van der Waals surface area (Å²) in [7, 11) is 0. The Hall–Kier alpha value is -1.48. The van der Waals surface area contributed by atoms with Crippen LogP contribution < -0.4 is 5.73 Å².